The first-order valence-electron chi connectivity index (χ1n) is 7.02. The van der Waals surface area contributed by atoms with Gasteiger partial charge in [-0.1, -0.05) is 19.8 Å². The zero-order valence-corrected chi connectivity index (χ0v) is 11.3. The van der Waals surface area contributed by atoms with Crippen LogP contribution in [0, 0.1) is 11.7 Å². The van der Waals surface area contributed by atoms with E-state index in [1.807, 2.05) is 0 Å². The number of aryl methyl sites for hydroxylation is 1. The van der Waals surface area contributed by atoms with Crippen LogP contribution in [0.3, 0.4) is 0 Å². The summed E-state index contributed by atoms with van der Waals surface area (Å²) >= 11 is 0. The Hall–Kier alpha value is -1.45. The summed E-state index contributed by atoms with van der Waals surface area (Å²) in [6, 6.07) is 1.24. The van der Waals surface area contributed by atoms with Crippen molar-refractivity contribution in [3.8, 4) is 0 Å². The first-order chi connectivity index (χ1) is 9.20. The molecule has 0 N–H and O–H groups in total. The molecule has 19 heavy (non-hydrogen) atoms. The van der Waals surface area contributed by atoms with Crippen molar-refractivity contribution in [3.63, 3.8) is 0 Å². The first-order valence-corrected chi connectivity index (χ1v) is 7.02. The van der Waals surface area contributed by atoms with E-state index in [0.29, 0.717) is 18.2 Å². The summed E-state index contributed by atoms with van der Waals surface area (Å²) in [5.41, 5.74) is 0.951. The lowest BCUT2D eigenvalue weighted by atomic mass is 9.91. The van der Waals surface area contributed by atoms with Gasteiger partial charge in [-0.25, -0.2) is 9.18 Å². The summed E-state index contributed by atoms with van der Waals surface area (Å²) in [5.74, 6) is -0.296. The summed E-state index contributed by atoms with van der Waals surface area (Å²) < 4.78 is 18.4. The van der Waals surface area contributed by atoms with Crippen molar-refractivity contribution in [2.75, 3.05) is 6.61 Å². The van der Waals surface area contributed by atoms with Gasteiger partial charge in [0.05, 0.1) is 24.1 Å². The Morgan fingerprint density at radius 3 is 3.11 bits per heavy atom. The monoisotopic (exact) mass is 265 g/mol. The van der Waals surface area contributed by atoms with Crippen LogP contribution in [-0.4, -0.2) is 17.6 Å². The minimum atomic E-state index is -0.488. The minimum Gasteiger partial charge on any atom is -0.462 e. The lowest BCUT2D eigenvalue weighted by Crippen LogP contribution is -2.15. The Morgan fingerprint density at radius 1 is 1.47 bits per heavy atom. The van der Waals surface area contributed by atoms with Crippen molar-refractivity contribution in [3.05, 3.63) is 29.3 Å². The number of pyridine rings is 1. The molecular formula is C15H20FNO2. The van der Waals surface area contributed by atoms with Crippen molar-refractivity contribution in [2.45, 2.75) is 45.4 Å². The SMILES string of the molecule is CCCC1CCCOC(=O)c2cc(F)cnc2CC1. The van der Waals surface area contributed by atoms with Crippen LogP contribution in [0.5, 0.6) is 0 Å². The van der Waals surface area contributed by atoms with Crippen molar-refractivity contribution in [1.29, 1.82) is 0 Å². The molecule has 2 heterocycles. The molecule has 0 bridgehead atoms. The van der Waals surface area contributed by atoms with Crippen LogP contribution < -0.4 is 0 Å². The number of esters is 1. The molecule has 0 radical (unpaired) electrons. The molecule has 4 heteroatoms. The number of hydrogen-bond donors (Lipinski definition) is 0. The van der Waals surface area contributed by atoms with E-state index < -0.39 is 11.8 Å². The Balaban J connectivity index is 2.20. The maximum atomic E-state index is 13.2. The van der Waals surface area contributed by atoms with E-state index in [-0.39, 0.29) is 5.56 Å². The molecule has 3 nitrogen and oxygen atoms in total. The lowest BCUT2D eigenvalue weighted by Gasteiger charge is -2.18. The van der Waals surface area contributed by atoms with E-state index in [2.05, 4.69) is 11.9 Å². The van der Waals surface area contributed by atoms with Crippen molar-refractivity contribution < 1.29 is 13.9 Å². The number of halogens is 1. The fourth-order valence-electron chi connectivity index (χ4n) is 2.64. The quantitative estimate of drug-likeness (QED) is 0.768. The number of aromatic nitrogens is 1. The van der Waals surface area contributed by atoms with E-state index >= 15 is 0 Å². The van der Waals surface area contributed by atoms with E-state index in [0.717, 1.165) is 32.1 Å². The molecule has 0 spiro atoms. The highest BCUT2D eigenvalue weighted by Crippen LogP contribution is 2.23. The maximum absolute atomic E-state index is 13.2. The molecular weight excluding hydrogens is 245 g/mol. The molecule has 0 saturated heterocycles. The van der Waals surface area contributed by atoms with Crippen LogP contribution in [0.15, 0.2) is 12.3 Å². The number of hydrogen-bond acceptors (Lipinski definition) is 3. The zero-order chi connectivity index (χ0) is 13.7. The van der Waals surface area contributed by atoms with Gasteiger partial charge >= 0.3 is 5.97 Å². The molecule has 1 aromatic heterocycles. The summed E-state index contributed by atoms with van der Waals surface area (Å²) in [5, 5.41) is 0. The fraction of sp³-hybridized carbons (Fsp3) is 0.600. The highest BCUT2D eigenvalue weighted by molar-refractivity contribution is 5.90. The molecule has 2 rings (SSSR count). The van der Waals surface area contributed by atoms with Gasteiger partial charge in [0.25, 0.3) is 0 Å². The number of carbonyl (C=O) groups is 1. The number of rotatable bonds is 2. The van der Waals surface area contributed by atoms with Crippen molar-refractivity contribution in [2.24, 2.45) is 5.92 Å². The van der Waals surface area contributed by atoms with Crippen LogP contribution in [0.2, 0.25) is 0 Å². The van der Waals surface area contributed by atoms with Gasteiger partial charge in [-0.15, -0.1) is 0 Å². The number of cyclic esters (lactones) is 1. The number of ether oxygens (including phenoxy) is 1. The standard InChI is InChI=1S/C15H20FNO2/c1-2-4-11-5-3-8-19-15(18)13-9-12(16)10-17-14(13)7-6-11/h9-11H,2-8H2,1H3. The van der Waals surface area contributed by atoms with E-state index in [1.54, 1.807) is 0 Å². The summed E-state index contributed by atoms with van der Waals surface area (Å²) in [4.78, 5) is 15.9. The molecule has 0 aliphatic carbocycles. The second-order valence-electron chi connectivity index (χ2n) is 5.12. The van der Waals surface area contributed by atoms with Crippen molar-refractivity contribution >= 4 is 5.97 Å². The largest absolute Gasteiger partial charge is 0.462 e. The van der Waals surface area contributed by atoms with Gasteiger partial charge in [-0.05, 0) is 37.7 Å². The number of nitrogens with zero attached hydrogens (tertiary/aromatic N) is 1. The summed E-state index contributed by atoms with van der Waals surface area (Å²) in [7, 11) is 0. The fourth-order valence-corrected chi connectivity index (χ4v) is 2.64. The number of carbonyl (C=O) groups excluding carboxylic acids is 1. The second kappa shape index (κ2) is 6.64. The highest BCUT2D eigenvalue weighted by Gasteiger charge is 2.19. The predicted octanol–water partition coefficient (Wildman–Crippen LogP) is 3.52. The molecule has 1 aliphatic rings. The molecule has 1 atom stereocenters. The summed E-state index contributed by atoms with van der Waals surface area (Å²) in [6.45, 7) is 2.59. The molecule has 0 aromatic carbocycles. The van der Waals surface area contributed by atoms with Gasteiger partial charge in [0.2, 0.25) is 0 Å². The molecule has 0 amide bonds. The summed E-state index contributed by atoms with van der Waals surface area (Å²) in [6.07, 6.45) is 7.21. The third kappa shape index (κ3) is 3.75. The van der Waals surface area contributed by atoms with Crippen LogP contribution in [0.25, 0.3) is 0 Å². The average Bonchev–Trinajstić information content (AvgIpc) is 2.41. The van der Waals surface area contributed by atoms with Gasteiger partial charge in [0.1, 0.15) is 5.82 Å². The molecule has 1 unspecified atom stereocenters. The maximum Gasteiger partial charge on any atom is 0.340 e. The minimum absolute atomic E-state index is 0.289. The third-order valence-electron chi connectivity index (χ3n) is 3.63. The van der Waals surface area contributed by atoms with Gasteiger partial charge in [-0.2, -0.15) is 0 Å². The Kier molecular flexibility index (Phi) is 4.88. The molecule has 1 aromatic rings. The van der Waals surface area contributed by atoms with Crippen LogP contribution >= 0.6 is 0 Å². The van der Waals surface area contributed by atoms with Crippen LogP contribution in [0.4, 0.5) is 4.39 Å². The Bertz CT molecular complexity index is 448. The Labute approximate surface area is 113 Å². The smallest absolute Gasteiger partial charge is 0.340 e. The Morgan fingerprint density at radius 2 is 2.32 bits per heavy atom. The molecule has 104 valence electrons. The zero-order valence-electron chi connectivity index (χ0n) is 11.3. The highest BCUT2D eigenvalue weighted by atomic mass is 19.1. The van der Waals surface area contributed by atoms with Crippen LogP contribution in [-0.2, 0) is 11.2 Å². The van der Waals surface area contributed by atoms with E-state index in [1.165, 1.54) is 18.7 Å². The number of fused-ring (bicyclic) bond motifs is 1. The topological polar surface area (TPSA) is 39.2 Å². The van der Waals surface area contributed by atoms with E-state index in [9.17, 15) is 9.18 Å². The van der Waals surface area contributed by atoms with E-state index in [4.69, 9.17) is 4.74 Å². The second-order valence-corrected chi connectivity index (χ2v) is 5.12. The van der Waals surface area contributed by atoms with Gasteiger partial charge in [0.15, 0.2) is 0 Å². The molecule has 0 saturated carbocycles. The molecule has 0 fully saturated rings. The van der Waals surface area contributed by atoms with Crippen LogP contribution in [0.1, 0.15) is 55.1 Å². The predicted molar refractivity (Wildman–Crippen MR) is 70.4 cm³/mol. The van der Waals surface area contributed by atoms with Gasteiger partial charge in [-0.3, -0.25) is 4.98 Å². The molecule has 1 aliphatic heterocycles. The van der Waals surface area contributed by atoms with Gasteiger partial charge in [0, 0.05) is 0 Å². The first kappa shape index (κ1) is 14.0. The van der Waals surface area contributed by atoms with Gasteiger partial charge < -0.3 is 4.74 Å². The average molecular weight is 265 g/mol. The van der Waals surface area contributed by atoms with Crippen molar-refractivity contribution in [1.82, 2.24) is 4.98 Å². The normalized spacial score (nSPS) is 20.5. The third-order valence-corrected chi connectivity index (χ3v) is 3.63. The lowest BCUT2D eigenvalue weighted by molar-refractivity contribution is 0.0486.